The van der Waals surface area contributed by atoms with E-state index in [9.17, 15) is 0 Å². The fourth-order valence-electron chi connectivity index (χ4n) is 8.00. The summed E-state index contributed by atoms with van der Waals surface area (Å²) in [5, 5.41) is 3.63. The highest BCUT2D eigenvalue weighted by atomic mass is 15.2. The molecule has 0 saturated heterocycles. The molecule has 4 nitrogen and oxygen atoms in total. The van der Waals surface area contributed by atoms with E-state index in [0.717, 1.165) is 76.4 Å². The van der Waals surface area contributed by atoms with E-state index in [1.807, 2.05) is 24.4 Å². The number of rotatable bonds is 7. The van der Waals surface area contributed by atoms with Gasteiger partial charge in [-0.3, -0.25) is 4.99 Å². The first-order valence-electron chi connectivity index (χ1n) is 18.0. The lowest BCUT2D eigenvalue weighted by molar-refractivity contribution is 0.738. The summed E-state index contributed by atoms with van der Waals surface area (Å²) in [6.07, 6.45) is 24.3. The molecule has 4 aliphatic rings. The lowest BCUT2D eigenvalue weighted by atomic mass is 9.88. The van der Waals surface area contributed by atoms with Crippen molar-refractivity contribution in [3.63, 3.8) is 0 Å². The van der Waals surface area contributed by atoms with Crippen LogP contribution in [-0.2, 0) is 0 Å². The van der Waals surface area contributed by atoms with Crippen LogP contribution in [0.2, 0.25) is 0 Å². The maximum Gasteiger partial charge on any atom is 0.0641 e. The van der Waals surface area contributed by atoms with Crippen molar-refractivity contribution < 1.29 is 0 Å². The molecule has 2 aliphatic heterocycles. The maximum absolute atomic E-state index is 6.87. The predicted octanol–water partition coefficient (Wildman–Crippen LogP) is 11.2. The van der Waals surface area contributed by atoms with E-state index < -0.39 is 0 Å². The van der Waals surface area contributed by atoms with E-state index in [4.69, 9.17) is 10.7 Å². The van der Waals surface area contributed by atoms with Crippen LogP contribution >= 0.6 is 0 Å². The van der Waals surface area contributed by atoms with Crippen molar-refractivity contribution in [1.29, 1.82) is 0 Å². The third kappa shape index (κ3) is 5.39. The van der Waals surface area contributed by atoms with Crippen molar-refractivity contribution in [1.82, 2.24) is 4.57 Å². The molecular weight excluding hydrogens is 633 g/mol. The van der Waals surface area contributed by atoms with Crippen LogP contribution in [0.1, 0.15) is 31.2 Å². The molecule has 9 rings (SSSR count). The molecule has 1 aromatic heterocycles. The molecule has 0 fully saturated rings. The molecule has 1 atom stereocenters. The highest BCUT2D eigenvalue weighted by molar-refractivity contribution is 6.09. The van der Waals surface area contributed by atoms with Gasteiger partial charge >= 0.3 is 0 Å². The second kappa shape index (κ2) is 13.3. The first-order chi connectivity index (χ1) is 25.7. The van der Waals surface area contributed by atoms with Crippen LogP contribution in [0.3, 0.4) is 0 Å². The first kappa shape index (κ1) is 31.4. The van der Waals surface area contributed by atoms with Gasteiger partial charge in [0.15, 0.2) is 0 Å². The molecule has 0 bridgehead atoms. The number of para-hydroxylation sites is 2. The monoisotopic (exact) mass is 670 g/mol. The molecule has 0 saturated carbocycles. The summed E-state index contributed by atoms with van der Waals surface area (Å²) in [5.74, 6) is 0. The lowest BCUT2D eigenvalue weighted by Crippen LogP contribution is -2.36. The number of fused-ring (bicyclic) bond motifs is 7. The van der Waals surface area contributed by atoms with E-state index in [1.165, 1.54) is 32.9 Å². The minimum absolute atomic E-state index is 0.0483. The Morgan fingerprint density at radius 1 is 0.942 bits per heavy atom. The van der Waals surface area contributed by atoms with Gasteiger partial charge in [0.05, 0.1) is 28.6 Å². The summed E-state index contributed by atoms with van der Waals surface area (Å²) < 4.78 is 2.45. The van der Waals surface area contributed by atoms with Gasteiger partial charge in [0.25, 0.3) is 0 Å². The van der Waals surface area contributed by atoms with Crippen LogP contribution in [0.25, 0.3) is 44.2 Å². The molecule has 0 radical (unpaired) electrons. The quantitative estimate of drug-likeness (QED) is 0.106. The number of aromatic nitrogens is 1. The maximum atomic E-state index is 6.87. The molecule has 0 spiro atoms. The van der Waals surface area contributed by atoms with Crippen molar-refractivity contribution >= 4 is 38.6 Å². The fraction of sp³-hybridized carbons (Fsp3) is 0.104. The Morgan fingerprint density at radius 3 is 2.65 bits per heavy atom. The number of hydrogen-bond donors (Lipinski definition) is 1. The summed E-state index contributed by atoms with van der Waals surface area (Å²) in [7, 11) is 0. The highest BCUT2D eigenvalue weighted by Crippen LogP contribution is 2.50. The van der Waals surface area contributed by atoms with Crippen LogP contribution in [0, 0.1) is 0 Å². The number of aliphatic imine (C=N–C) groups is 1. The molecule has 250 valence electrons. The Hall–Kier alpha value is -6.57. The van der Waals surface area contributed by atoms with Gasteiger partial charge in [0.2, 0.25) is 0 Å². The fourth-order valence-corrected chi connectivity index (χ4v) is 8.00. The van der Waals surface area contributed by atoms with Gasteiger partial charge in [-0.05, 0) is 90.1 Å². The second-order valence-electron chi connectivity index (χ2n) is 13.5. The van der Waals surface area contributed by atoms with Gasteiger partial charge in [-0.15, -0.1) is 6.58 Å². The van der Waals surface area contributed by atoms with E-state index in [1.54, 1.807) is 0 Å². The molecule has 4 aromatic carbocycles. The van der Waals surface area contributed by atoms with E-state index in [2.05, 4.69) is 155 Å². The molecular formula is C48H38N4. The molecule has 1 unspecified atom stereocenters. The van der Waals surface area contributed by atoms with E-state index >= 15 is 0 Å². The van der Waals surface area contributed by atoms with Crippen molar-refractivity contribution in [2.45, 2.75) is 31.7 Å². The largest absolute Gasteiger partial charge is 0.399 e. The topological polar surface area (TPSA) is 46.5 Å². The lowest BCUT2D eigenvalue weighted by Gasteiger charge is -2.37. The SMILES string of the molecule is C=CC/C=C\C=C(/N)C1=CC(C2=NC=CCC2)=CC(N2C3=C(C=C=C=C3)c3c(n(-c4ccc5ccccc5c4)c4ccccc34)-c3ccccc32)C1. The van der Waals surface area contributed by atoms with Gasteiger partial charge in [0, 0.05) is 51.5 Å². The van der Waals surface area contributed by atoms with Crippen molar-refractivity contribution in [3.05, 3.63) is 198 Å². The van der Waals surface area contributed by atoms with Crippen LogP contribution in [0.15, 0.2) is 197 Å². The van der Waals surface area contributed by atoms with E-state index in [-0.39, 0.29) is 6.04 Å². The Labute approximate surface area is 304 Å². The van der Waals surface area contributed by atoms with Gasteiger partial charge in [-0.1, -0.05) is 109 Å². The average Bonchev–Trinajstić information content (AvgIpc) is 3.48. The molecule has 2 aliphatic carbocycles. The van der Waals surface area contributed by atoms with Crippen LogP contribution < -0.4 is 10.6 Å². The van der Waals surface area contributed by atoms with Gasteiger partial charge in [-0.25, -0.2) is 0 Å². The average molecular weight is 671 g/mol. The standard InChI is InChI=1S/C48H38N4/c1-2-3-4-5-21-42(49)35-29-36(43-22-14-15-28-50-43)32-38(31-35)51-44-23-11-8-18-39(44)47-40-19-9-12-24-45(40)52(48(47)41-20-10-13-25-46(41)51)37-27-26-33-16-6-7-17-34(33)30-37/h2,4-7,9-10,12-13,15-21,23-30,32,38H,1,3,14,22,31,49H2/b5-4-,42-21-. The number of benzene rings is 4. The summed E-state index contributed by atoms with van der Waals surface area (Å²) in [5.41, 5.74) is 26.8. The molecule has 0 amide bonds. The Morgan fingerprint density at radius 2 is 1.77 bits per heavy atom. The molecule has 2 N–H and O–H groups in total. The van der Waals surface area contributed by atoms with Crippen molar-refractivity contribution in [3.8, 4) is 16.9 Å². The molecule has 4 heteroatoms. The predicted molar refractivity (Wildman–Crippen MR) is 218 cm³/mol. The highest BCUT2D eigenvalue weighted by Gasteiger charge is 2.35. The first-order valence-corrected chi connectivity index (χ1v) is 18.0. The summed E-state index contributed by atoms with van der Waals surface area (Å²) in [6, 6.07) is 32.9. The van der Waals surface area contributed by atoms with E-state index in [0.29, 0.717) is 0 Å². The third-order valence-electron chi connectivity index (χ3n) is 10.4. The van der Waals surface area contributed by atoms with Crippen LogP contribution in [0.4, 0.5) is 5.69 Å². The number of hydrogen-bond acceptors (Lipinski definition) is 3. The Kier molecular flexibility index (Phi) is 8.02. The molecule has 3 heterocycles. The number of anilines is 1. The Bertz CT molecular complexity index is 2630. The van der Waals surface area contributed by atoms with Crippen LogP contribution in [0.5, 0.6) is 0 Å². The number of nitrogens with two attached hydrogens (primary N) is 1. The normalized spacial score (nSPS) is 17.9. The van der Waals surface area contributed by atoms with Gasteiger partial charge in [0.1, 0.15) is 0 Å². The summed E-state index contributed by atoms with van der Waals surface area (Å²) in [6.45, 7) is 3.84. The molecule has 52 heavy (non-hydrogen) atoms. The van der Waals surface area contributed by atoms with Crippen molar-refractivity contribution in [2.24, 2.45) is 10.7 Å². The zero-order valence-electron chi connectivity index (χ0n) is 29.0. The minimum atomic E-state index is -0.0483. The van der Waals surface area contributed by atoms with Crippen LogP contribution in [-0.4, -0.2) is 16.3 Å². The number of allylic oxidation sites excluding steroid dienone is 11. The van der Waals surface area contributed by atoms with Crippen molar-refractivity contribution in [2.75, 3.05) is 4.90 Å². The zero-order chi connectivity index (χ0) is 35.0. The minimum Gasteiger partial charge on any atom is -0.399 e. The molecule has 5 aromatic rings. The van der Waals surface area contributed by atoms with Gasteiger partial charge in [-0.2, -0.15) is 0 Å². The zero-order valence-corrected chi connectivity index (χ0v) is 29.0. The summed E-state index contributed by atoms with van der Waals surface area (Å²) in [4.78, 5) is 7.35. The second-order valence-corrected chi connectivity index (χ2v) is 13.5. The Balaban J connectivity index is 1.29. The number of nitrogens with zero attached hydrogens (tertiary/aromatic N) is 3. The van der Waals surface area contributed by atoms with Gasteiger partial charge < -0.3 is 15.2 Å². The summed E-state index contributed by atoms with van der Waals surface area (Å²) >= 11 is 0. The smallest absolute Gasteiger partial charge is 0.0641 e. The third-order valence-corrected chi connectivity index (χ3v) is 10.4.